The molecule has 0 aliphatic rings. The van der Waals surface area contributed by atoms with Crippen LogP contribution in [0.2, 0.25) is 0 Å². The number of amides is 1. The van der Waals surface area contributed by atoms with Gasteiger partial charge < -0.3 is 9.47 Å². The molecule has 0 unspecified atom stereocenters. The van der Waals surface area contributed by atoms with Gasteiger partial charge in [-0.15, -0.1) is 4.83 Å². The van der Waals surface area contributed by atoms with Gasteiger partial charge in [0.15, 0.2) is 17.2 Å². The van der Waals surface area contributed by atoms with E-state index in [1.54, 1.807) is 38.1 Å². The Bertz CT molecular complexity index is 1300. The molecule has 0 saturated heterocycles. The van der Waals surface area contributed by atoms with Gasteiger partial charge in [0.05, 0.1) is 30.5 Å². The Kier molecular flexibility index (Phi) is 6.27. The molecule has 3 rings (SSSR count). The second kappa shape index (κ2) is 8.74. The second-order valence-electron chi connectivity index (χ2n) is 6.81. The molecule has 0 atom stereocenters. The molecule has 0 fully saturated rings. The molecule has 3 aromatic rings. The summed E-state index contributed by atoms with van der Waals surface area (Å²) in [5.74, 6) is -0.236. The number of fused-ring (bicyclic) bond motifs is 1. The Labute approximate surface area is 178 Å². The first kappa shape index (κ1) is 22.2. The van der Waals surface area contributed by atoms with Gasteiger partial charge in [0.1, 0.15) is 0 Å². The quantitative estimate of drug-likeness (QED) is 0.528. The molecule has 11 heteroatoms. The van der Waals surface area contributed by atoms with Gasteiger partial charge in [-0.1, -0.05) is 18.2 Å². The smallest absolute Gasteiger partial charge is 0.287 e. The lowest BCUT2D eigenvalue weighted by Gasteiger charge is -2.14. The summed E-state index contributed by atoms with van der Waals surface area (Å²) in [6.45, 7) is 3.51. The molecule has 0 aliphatic heterocycles. The predicted octanol–water partition coefficient (Wildman–Crippen LogP) is 1.62. The maximum atomic E-state index is 12.8. The monoisotopic (exact) mass is 446 g/mol. The minimum absolute atomic E-state index is 0.0843. The van der Waals surface area contributed by atoms with E-state index in [0.717, 1.165) is 0 Å². The van der Waals surface area contributed by atoms with Gasteiger partial charge in [-0.2, -0.15) is 5.10 Å². The van der Waals surface area contributed by atoms with E-state index in [-0.39, 0.29) is 27.9 Å². The summed E-state index contributed by atoms with van der Waals surface area (Å²) in [5, 5.41) is 4.76. The van der Waals surface area contributed by atoms with E-state index in [9.17, 15) is 18.0 Å². The molecule has 31 heavy (non-hydrogen) atoms. The third-order valence-electron chi connectivity index (χ3n) is 4.50. The lowest BCUT2D eigenvalue weighted by atomic mass is 10.1. The molecule has 0 saturated carbocycles. The van der Waals surface area contributed by atoms with Crippen LogP contribution in [0.5, 0.6) is 11.5 Å². The maximum absolute atomic E-state index is 12.8. The van der Waals surface area contributed by atoms with Crippen molar-refractivity contribution in [1.82, 2.24) is 20.0 Å². The molecule has 0 spiro atoms. The highest BCUT2D eigenvalue weighted by atomic mass is 32.2. The van der Waals surface area contributed by atoms with Crippen LogP contribution in [0.25, 0.3) is 10.8 Å². The highest BCUT2D eigenvalue weighted by molar-refractivity contribution is 7.89. The first-order valence-electron chi connectivity index (χ1n) is 9.25. The summed E-state index contributed by atoms with van der Waals surface area (Å²) in [7, 11) is -1.31. The number of sulfonamides is 1. The fourth-order valence-corrected chi connectivity index (χ4v) is 3.79. The molecule has 1 amide bonds. The number of hydrazine groups is 1. The van der Waals surface area contributed by atoms with Crippen molar-refractivity contribution >= 4 is 26.7 Å². The molecule has 10 nitrogen and oxygen atoms in total. The fourth-order valence-electron chi connectivity index (χ4n) is 2.94. The average Bonchev–Trinajstić information content (AvgIpc) is 2.77. The standard InChI is InChI=1S/C20H22N4O6S/c1-12(2)24-20(26)15-8-6-5-7-14(15)18(22-24)19(25)21-23-31(27,28)13-9-10-16(29-3)17(11-13)30-4/h5-12,23H,1-4H3,(H,21,25). The molecule has 0 radical (unpaired) electrons. The van der Waals surface area contributed by atoms with E-state index < -0.39 is 15.9 Å². The van der Waals surface area contributed by atoms with Crippen molar-refractivity contribution in [2.45, 2.75) is 24.8 Å². The number of carbonyl (C=O) groups is 1. The number of methoxy groups -OCH3 is 2. The molecule has 1 aromatic heterocycles. The van der Waals surface area contributed by atoms with E-state index in [1.165, 1.54) is 37.1 Å². The molecular formula is C20H22N4O6S. The number of hydrogen-bond acceptors (Lipinski definition) is 7. The van der Waals surface area contributed by atoms with Crippen molar-refractivity contribution in [3.05, 3.63) is 58.5 Å². The van der Waals surface area contributed by atoms with Crippen LogP contribution in [0.15, 0.2) is 52.2 Å². The van der Waals surface area contributed by atoms with Gasteiger partial charge in [-0.3, -0.25) is 15.0 Å². The second-order valence-corrected chi connectivity index (χ2v) is 8.50. The van der Waals surface area contributed by atoms with Crippen LogP contribution < -0.4 is 25.3 Å². The number of nitrogens with one attached hydrogen (secondary N) is 2. The van der Waals surface area contributed by atoms with Gasteiger partial charge in [0, 0.05) is 11.5 Å². The molecule has 0 bridgehead atoms. The molecule has 164 valence electrons. The van der Waals surface area contributed by atoms with Crippen molar-refractivity contribution in [1.29, 1.82) is 0 Å². The largest absolute Gasteiger partial charge is 0.493 e. The van der Waals surface area contributed by atoms with Crippen molar-refractivity contribution in [2.24, 2.45) is 0 Å². The number of ether oxygens (including phenoxy) is 2. The van der Waals surface area contributed by atoms with Gasteiger partial charge >= 0.3 is 0 Å². The number of rotatable bonds is 7. The van der Waals surface area contributed by atoms with E-state index in [1.807, 2.05) is 4.83 Å². The lowest BCUT2D eigenvalue weighted by Crippen LogP contribution is -2.42. The normalized spacial score (nSPS) is 11.5. The van der Waals surface area contributed by atoms with Crippen LogP contribution >= 0.6 is 0 Å². The van der Waals surface area contributed by atoms with Gasteiger partial charge in [0.2, 0.25) is 0 Å². The van der Waals surface area contributed by atoms with Crippen LogP contribution in [0.3, 0.4) is 0 Å². The summed E-state index contributed by atoms with van der Waals surface area (Å²) in [6.07, 6.45) is 0. The number of benzene rings is 2. The van der Waals surface area contributed by atoms with Gasteiger partial charge in [-0.05, 0) is 32.0 Å². The summed E-state index contributed by atoms with van der Waals surface area (Å²) in [4.78, 5) is 27.3. The average molecular weight is 446 g/mol. The zero-order valence-corrected chi connectivity index (χ0v) is 18.2. The summed E-state index contributed by atoms with van der Waals surface area (Å²) in [6, 6.07) is 10.2. The summed E-state index contributed by atoms with van der Waals surface area (Å²) >= 11 is 0. The van der Waals surface area contributed by atoms with Crippen molar-refractivity contribution < 1.29 is 22.7 Å². The summed E-state index contributed by atoms with van der Waals surface area (Å²) < 4.78 is 36.7. The van der Waals surface area contributed by atoms with Crippen LogP contribution in [0.1, 0.15) is 30.4 Å². The Hall–Kier alpha value is -3.44. The zero-order valence-electron chi connectivity index (χ0n) is 17.4. The minimum atomic E-state index is -4.12. The van der Waals surface area contributed by atoms with Crippen LogP contribution in [0, 0.1) is 0 Å². The van der Waals surface area contributed by atoms with Crippen molar-refractivity contribution in [3.63, 3.8) is 0 Å². The Morgan fingerprint density at radius 2 is 1.68 bits per heavy atom. The molecule has 0 aliphatic carbocycles. The molecule has 2 aromatic carbocycles. The van der Waals surface area contributed by atoms with E-state index in [4.69, 9.17) is 9.47 Å². The third kappa shape index (κ3) is 4.37. The number of carbonyl (C=O) groups excluding carboxylic acids is 1. The van der Waals surface area contributed by atoms with Gasteiger partial charge in [-0.25, -0.2) is 13.1 Å². The lowest BCUT2D eigenvalue weighted by molar-refractivity contribution is 0.0939. The Morgan fingerprint density at radius 3 is 2.29 bits per heavy atom. The minimum Gasteiger partial charge on any atom is -0.493 e. The third-order valence-corrected chi connectivity index (χ3v) is 5.74. The predicted molar refractivity (Wildman–Crippen MR) is 114 cm³/mol. The van der Waals surface area contributed by atoms with Gasteiger partial charge in [0.25, 0.3) is 21.5 Å². The number of nitrogens with zero attached hydrogens (tertiary/aromatic N) is 2. The Morgan fingerprint density at radius 1 is 1.03 bits per heavy atom. The fraction of sp³-hybridized carbons (Fsp3) is 0.250. The van der Waals surface area contributed by atoms with E-state index in [2.05, 4.69) is 10.5 Å². The number of hydrogen-bond donors (Lipinski definition) is 2. The topological polar surface area (TPSA) is 129 Å². The highest BCUT2D eigenvalue weighted by Crippen LogP contribution is 2.29. The van der Waals surface area contributed by atoms with Crippen LogP contribution in [-0.4, -0.2) is 38.3 Å². The molecule has 2 N–H and O–H groups in total. The number of aromatic nitrogens is 2. The van der Waals surface area contributed by atoms with E-state index in [0.29, 0.717) is 16.5 Å². The first-order chi connectivity index (χ1) is 14.7. The van der Waals surface area contributed by atoms with Crippen molar-refractivity contribution in [2.75, 3.05) is 14.2 Å². The SMILES string of the molecule is COc1ccc(S(=O)(=O)NNC(=O)c2nn(C(C)C)c(=O)c3ccccc23)cc1OC. The van der Waals surface area contributed by atoms with Crippen LogP contribution in [-0.2, 0) is 10.0 Å². The van der Waals surface area contributed by atoms with E-state index >= 15 is 0 Å². The van der Waals surface area contributed by atoms with Crippen molar-refractivity contribution in [3.8, 4) is 11.5 Å². The van der Waals surface area contributed by atoms with Crippen LogP contribution in [0.4, 0.5) is 0 Å². The zero-order chi connectivity index (χ0) is 22.8. The molecule has 1 heterocycles. The summed E-state index contributed by atoms with van der Waals surface area (Å²) in [5.41, 5.74) is 1.73. The highest BCUT2D eigenvalue weighted by Gasteiger charge is 2.21. The Balaban J connectivity index is 1.93. The maximum Gasteiger partial charge on any atom is 0.287 e. The molecular weight excluding hydrogens is 424 g/mol. The first-order valence-corrected chi connectivity index (χ1v) is 10.7.